The van der Waals surface area contributed by atoms with Gasteiger partial charge in [0, 0.05) is 32.8 Å². The summed E-state index contributed by atoms with van der Waals surface area (Å²) in [6.07, 6.45) is 8.66. The lowest BCUT2D eigenvalue weighted by Crippen LogP contribution is -2.51. The number of amides is 2. The lowest BCUT2D eigenvalue weighted by Gasteiger charge is -2.47. The van der Waals surface area contributed by atoms with Crippen LogP contribution in [0.2, 0.25) is 0 Å². The van der Waals surface area contributed by atoms with Crippen molar-refractivity contribution in [2.45, 2.75) is 63.9 Å². The first-order chi connectivity index (χ1) is 11.1. The van der Waals surface area contributed by atoms with Crippen LogP contribution in [0, 0.1) is 11.3 Å². The quantitative estimate of drug-likeness (QED) is 0.835. The fraction of sp³-hybridized carbons (Fsp3) is 0.944. The minimum Gasteiger partial charge on any atom is -0.396 e. The number of carbonyl (C=O) groups excluding carboxylic acids is 1. The third-order valence-electron chi connectivity index (χ3n) is 6.60. The normalized spacial score (nSPS) is 29.1. The number of carbonyl (C=O) groups is 1. The molecule has 2 N–H and O–H groups in total. The number of hydrogen-bond donors (Lipinski definition) is 2. The van der Waals surface area contributed by atoms with Crippen LogP contribution in [0.3, 0.4) is 0 Å². The number of hydrogen-bond acceptors (Lipinski definition) is 3. The van der Waals surface area contributed by atoms with Crippen molar-refractivity contribution in [1.29, 1.82) is 0 Å². The van der Waals surface area contributed by atoms with Crippen LogP contribution in [-0.4, -0.2) is 54.5 Å². The van der Waals surface area contributed by atoms with Crippen molar-refractivity contribution in [3.8, 4) is 0 Å². The average Bonchev–Trinajstić information content (AvgIpc) is 2.58. The largest absolute Gasteiger partial charge is 0.396 e. The highest BCUT2D eigenvalue weighted by atomic mass is 16.5. The molecule has 2 amide bonds. The molecule has 2 aliphatic heterocycles. The van der Waals surface area contributed by atoms with Gasteiger partial charge in [0.15, 0.2) is 0 Å². The summed E-state index contributed by atoms with van der Waals surface area (Å²) in [6, 6.07) is 0.0711. The first-order valence-electron chi connectivity index (χ1n) is 9.38. The molecule has 1 unspecified atom stereocenters. The molecule has 5 heteroatoms. The number of rotatable bonds is 4. The number of likely N-dealkylation sites (tertiary alicyclic amines) is 1. The molecule has 2 heterocycles. The SMILES string of the molecule is CCC1(CO)CCN(C(=O)NCC2CCOC3(CCC3)C2)CC1. The zero-order valence-electron chi connectivity index (χ0n) is 14.5. The van der Waals surface area contributed by atoms with Gasteiger partial charge in [-0.3, -0.25) is 0 Å². The van der Waals surface area contributed by atoms with Crippen LogP contribution in [0.4, 0.5) is 4.79 Å². The maximum atomic E-state index is 12.4. The Hall–Kier alpha value is -0.810. The van der Waals surface area contributed by atoms with Gasteiger partial charge in [0.1, 0.15) is 0 Å². The summed E-state index contributed by atoms with van der Waals surface area (Å²) < 4.78 is 5.96. The van der Waals surface area contributed by atoms with E-state index in [4.69, 9.17) is 4.74 Å². The summed E-state index contributed by atoms with van der Waals surface area (Å²) in [4.78, 5) is 14.3. The Morgan fingerprint density at radius 3 is 2.61 bits per heavy atom. The molecule has 0 aromatic carbocycles. The maximum Gasteiger partial charge on any atom is 0.317 e. The number of ether oxygens (including phenoxy) is 1. The minimum atomic E-state index is 0.0358. The van der Waals surface area contributed by atoms with Crippen LogP contribution < -0.4 is 5.32 Å². The van der Waals surface area contributed by atoms with E-state index >= 15 is 0 Å². The predicted octanol–water partition coefficient (Wildman–Crippen LogP) is 2.53. The molecule has 23 heavy (non-hydrogen) atoms. The topological polar surface area (TPSA) is 61.8 Å². The van der Waals surface area contributed by atoms with Gasteiger partial charge in [0.05, 0.1) is 5.60 Å². The van der Waals surface area contributed by atoms with E-state index in [2.05, 4.69) is 12.2 Å². The number of aliphatic hydroxyl groups is 1. The molecule has 2 saturated heterocycles. The highest BCUT2D eigenvalue weighted by Crippen LogP contribution is 2.44. The molecule has 1 spiro atoms. The van der Waals surface area contributed by atoms with Crippen molar-refractivity contribution in [1.82, 2.24) is 10.2 Å². The van der Waals surface area contributed by atoms with Gasteiger partial charge < -0.3 is 20.1 Å². The van der Waals surface area contributed by atoms with Gasteiger partial charge in [-0.25, -0.2) is 4.79 Å². The Balaban J connectivity index is 1.41. The summed E-state index contributed by atoms with van der Waals surface area (Å²) in [5.41, 5.74) is 0.189. The van der Waals surface area contributed by atoms with E-state index in [-0.39, 0.29) is 23.7 Å². The summed E-state index contributed by atoms with van der Waals surface area (Å²) in [7, 11) is 0. The summed E-state index contributed by atoms with van der Waals surface area (Å²) in [6.45, 7) is 5.52. The molecule has 3 rings (SSSR count). The monoisotopic (exact) mass is 324 g/mol. The number of urea groups is 1. The number of nitrogens with zero attached hydrogens (tertiary/aromatic N) is 1. The molecule has 0 aromatic rings. The number of nitrogens with one attached hydrogen (secondary N) is 1. The second-order valence-electron chi connectivity index (χ2n) is 7.93. The Morgan fingerprint density at radius 1 is 1.30 bits per heavy atom. The lowest BCUT2D eigenvalue weighted by atomic mass is 9.72. The second kappa shape index (κ2) is 6.98. The highest BCUT2D eigenvalue weighted by Gasteiger charge is 2.42. The summed E-state index contributed by atoms with van der Waals surface area (Å²) >= 11 is 0. The van der Waals surface area contributed by atoms with Crippen LogP contribution in [0.15, 0.2) is 0 Å². The van der Waals surface area contributed by atoms with Crippen molar-refractivity contribution in [2.75, 3.05) is 32.8 Å². The van der Waals surface area contributed by atoms with Crippen LogP contribution in [0.5, 0.6) is 0 Å². The van der Waals surface area contributed by atoms with Gasteiger partial charge in [-0.1, -0.05) is 6.92 Å². The molecule has 1 atom stereocenters. The van der Waals surface area contributed by atoms with Crippen LogP contribution in [0.25, 0.3) is 0 Å². The van der Waals surface area contributed by atoms with Gasteiger partial charge in [-0.05, 0) is 62.7 Å². The Kier molecular flexibility index (Phi) is 5.16. The fourth-order valence-corrected chi connectivity index (χ4v) is 4.37. The molecule has 5 nitrogen and oxygen atoms in total. The minimum absolute atomic E-state index is 0.0358. The lowest BCUT2D eigenvalue weighted by molar-refractivity contribution is -0.142. The predicted molar refractivity (Wildman–Crippen MR) is 89.3 cm³/mol. The Labute approximate surface area is 139 Å². The van der Waals surface area contributed by atoms with Gasteiger partial charge in [0.25, 0.3) is 0 Å². The summed E-state index contributed by atoms with van der Waals surface area (Å²) in [5, 5.41) is 12.7. The van der Waals surface area contributed by atoms with Crippen molar-refractivity contribution < 1.29 is 14.6 Å². The van der Waals surface area contributed by atoms with E-state index in [1.807, 2.05) is 4.90 Å². The standard InChI is InChI=1S/C18H32N2O3/c1-2-17(14-21)7-9-20(10-8-17)16(22)19-13-15-4-11-23-18(12-15)5-3-6-18/h15,21H,2-14H2,1H3,(H,19,22). The smallest absolute Gasteiger partial charge is 0.317 e. The van der Waals surface area contributed by atoms with E-state index < -0.39 is 0 Å². The van der Waals surface area contributed by atoms with Crippen molar-refractivity contribution in [3.63, 3.8) is 0 Å². The van der Waals surface area contributed by atoms with Gasteiger partial charge in [-0.15, -0.1) is 0 Å². The van der Waals surface area contributed by atoms with Gasteiger partial charge in [0.2, 0.25) is 0 Å². The first kappa shape index (κ1) is 17.0. The number of piperidine rings is 1. The first-order valence-corrected chi connectivity index (χ1v) is 9.38. The molecule has 1 saturated carbocycles. The Bertz CT molecular complexity index is 408. The molecule has 1 aliphatic carbocycles. The molecule has 0 aromatic heterocycles. The molecule has 132 valence electrons. The zero-order chi connectivity index (χ0) is 16.3. The average molecular weight is 324 g/mol. The van der Waals surface area contributed by atoms with Crippen molar-refractivity contribution in [2.24, 2.45) is 11.3 Å². The van der Waals surface area contributed by atoms with E-state index in [0.29, 0.717) is 5.92 Å². The molecular weight excluding hydrogens is 292 g/mol. The van der Waals surface area contributed by atoms with E-state index in [0.717, 1.165) is 58.3 Å². The van der Waals surface area contributed by atoms with Crippen LogP contribution >= 0.6 is 0 Å². The third kappa shape index (κ3) is 3.66. The van der Waals surface area contributed by atoms with Crippen LogP contribution in [-0.2, 0) is 4.74 Å². The fourth-order valence-electron chi connectivity index (χ4n) is 4.37. The molecule has 0 bridgehead atoms. The van der Waals surface area contributed by atoms with E-state index in [1.165, 1.54) is 19.3 Å². The molecule has 3 fully saturated rings. The van der Waals surface area contributed by atoms with E-state index in [1.54, 1.807) is 0 Å². The van der Waals surface area contributed by atoms with Crippen molar-refractivity contribution in [3.05, 3.63) is 0 Å². The second-order valence-corrected chi connectivity index (χ2v) is 7.93. The van der Waals surface area contributed by atoms with Crippen LogP contribution in [0.1, 0.15) is 58.3 Å². The van der Waals surface area contributed by atoms with Gasteiger partial charge >= 0.3 is 6.03 Å². The maximum absolute atomic E-state index is 12.4. The van der Waals surface area contributed by atoms with E-state index in [9.17, 15) is 9.90 Å². The Morgan fingerprint density at radius 2 is 2.04 bits per heavy atom. The van der Waals surface area contributed by atoms with Crippen molar-refractivity contribution >= 4 is 6.03 Å². The summed E-state index contributed by atoms with van der Waals surface area (Å²) in [5.74, 6) is 0.560. The van der Waals surface area contributed by atoms with Gasteiger partial charge in [-0.2, -0.15) is 0 Å². The molecule has 3 aliphatic rings. The zero-order valence-corrected chi connectivity index (χ0v) is 14.5. The third-order valence-corrected chi connectivity index (χ3v) is 6.60. The number of aliphatic hydroxyl groups excluding tert-OH is 1. The molecular formula is C18H32N2O3. The highest BCUT2D eigenvalue weighted by molar-refractivity contribution is 5.74. The molecule has 0 radical (unpaired) electrons.